The Morgan fingerprint density at radius 1 is 0.326 bits per heavy atom. The number of aryl methyl sites for hydroxylation is 2. The Kier molecular flexibility index (Phi) is 27.8. The highest BCUT2D eigenvalue weighted by atomic mass is 32.1. The number of hydrogen-bond acceptors (Lipinski definition) is 6. The van der Waals surface area contributed by atoms with Gasteiger partial charge in [-0.2, -0.15) is 0 Å². The Morgan fingerprint density at radius 2 is 0.685 bits per heavy atom. The van der Waals surface area contributed by atoms with Crippen LogP contribution in [0.25, 0.3) is 72.7 Å². The number of benzene rings is 2. The third-order valence-corrected chi connectivity index (χ3v) is 25.7. The fourth-order valence-corrected chi connectivity index (χ4v) is 20.4. The Morgan fingerprint density at radius 3 is 1.12 bits per heavy atom. The smallest absolute Gasteiger partial charge is 0.195 e. The zero-order valence-electron chi connectivity index (χ0n) is 57.2. The average molecular weight is 1270 g/mol. The monoisotopic (exact) mass is 1270 g/mol. The second kappa shape index (κ2) is 35.6. The topological polar surface area (TPSA) is 34.1 Å². The van der Waals surface area contributed by atoms with Crippen molar-refractivity contribution in [1.82, 2.24) is 0 Å². The van der Waals surface area contributed by atoms with Gasteiger partial charge in [0.25, 0.3) is 0 Å². The van der Waals surface area contributed by atoms with Crippen LogP contribution in [0.15, 0.2) is 70.3 Å². The van der Waals surface area contributed by atoms with Gasteiger partial charge in [-0.3, -0.25) is 9.59 Å². The van der Waals surface area contributed by atoms with Crippen molar-refractivity contribution in [1.29, 1.82) is 0 Å². The van der Waals surface area contributed by atoms with Gasteiger partial charge in [0.05, 0.1) is 0 Å². The summed E-state index contributed by atoms with van der Waals surface area (Å²) in [6, 6.07) is 23.5. The van der Waals surface area contributed by atoms with Crippen molar-refractivity contribution in [2.24, 2.45) is 11.8 Å². The molecule has 0 spiro atoms. The van der Waals surface area contributed by atoms with E-state index < -0.39 is 0 Å². The maximum atomic E-state index is 15.9. The number of fused-ring (bicyclic) bond motifs is 6. The fourth-order valence-electron chi connectivity index (χ4n) is 15.8. The quantitative estimate of drug-likeness (QED) is 0.0357. The number of unbranched alkanes of at least 4 members (excludes halogenated alkanes) is 26. The molecule has 9 rings (SSSR count). The highest BCUT2D eigenvalue weighted by molar-refractivity contribution is 7.27. The third-order valence-electron chi connectivity index (χ3n) is 21.0. The predicted octanol–water partition coefficient (Wildman–Crippen LogP) is 28.1. The van der Waals surface area contributed by atoms with Gasteiger partial charge in [0, 0.05) is 66.3 Å². The van der Waals surface area contributed by atoms with Crippen molar-refractivity contribution in [3.8, 4) is 40.4 Å². The molecular formula is C83H116O2S4. The van der Waals surface area contributed by atoms with Crippen molar-refractivity contribution in [2.75, 3.05) is 0 Å². The summed E-state index contributed by atoms with van der Waals surface area (Å²) in [4.78, 5) is 41.7. The minimum Gasteiger partial charge on any atom is -0.289 e. The number of hydrogen-bond donors (Lipinski definition) is 0. The first-order valence-electron chi connectivity index (χ1n) is 37.2. The average Bonchev–Trinajstić information content (AvgIpc) is 1.64. The van der Waals surface area contributed by atoms with E-state index in [4.69, 9.17) is 0 Å². The first-order chi connectivity index (χ1) is 43.6. The van der Waals surface area contributed by atoms with Crippen LogP contribution in [0.4, 0.5) is 0 Å². The minimum atomic E-state index is 0.0878. The summed E-state index contributed by atoms with van der Waals surface area (Å²) in [5.41, 5.74) is 8.06. The van der Waals surface area contributed by atoms with Gasteiger partial charge in [-0.05, 0) is 156 Å². The molecule has 0 radical (unpaired) electrons. The van der Waals surface area contributed by atoms with E-state index in [9.17, 15) is 0 Å². The minimum absolute atomic E-state index is 0.0878. The summed E-state index contributed by atoms with van der Waals surface area (Å²) in [6.45, 7) is 18.5. The number of thiophene rings is 4. The predicted molar refractivity (Wildman–Crippen MR) is 401 cm³/mol. The van der Waals surface area contributed by atoms with Crippen LogP contribution in [0, 0.1) is 25.7 Å². The molecule has 2 nitrogen and oxygen atoms in total. The summed E-state index contributed by atoms with van der Waals surface area (Å²) in [5.74, 6) is 1.04. The van der Waals surface area contributed by atoms with Gasteiger partial charge in [0.2, 0.25) is 0 Å². The van der Waals surface area contributed by atoms with E-state index in [-0.39, 0.29) is 16.3 Å². The highest BCUT2D eigenvalue weighted by Crippen LogP contribution is 2.61. The van der Waals surface area contributed by atoms with E-state index in [0.29, 0.717) is 11.8 Å². The zero-order valence-corrected chi connectivity index (χ0v) is 60.4. The van der Waals surface area contributed by atoms with Gasteiger partial charge in [-0.25, -0.2) is 0 Å². The normalized spacial score (nSPS) is 13.7. The molecule has 6 heteroatoms. The lowest BCUT2D eigenvalue weighted by molar-refractivity contribution is 0.402. The van der Waals surface area contributed by atoms with E-state index >= 15 is 9.59 Å². The van der Waals surface area contributed by atoms with Crippen LogP contribution in [0.3, 0.4) is 0 Å². The largest absolute Gasteiger partial charge is 0.289 e. The zero-order chi connectivity index (χ0) is 62.5. The van der Waals surface area contributed by atoms with Gasteiger partial charge in [-0.1, -0.05) is 273 Å². The molecule has 484 valence electrons. The lowest BCUT2D eigenvalue weighted by atomic mass is 9.71. The Bertz CT molecular complexity index is 3490. The molecule has 0 bridgehead atoms. The SMILES string of the molecule is CCCCCCCCCCC(CCCCCC)Cc1c2cc3c(=O)c(-c4ccc(-c5cc6c(s5)-c5sc(C)cc5C6(CCCCCC)CCCCCC)s4)cc3c(CC(CCCCCC)CCCCCCCCCC)c2cc2c(=O)c(-c3ccc(C)s3)cc12. The van der Waals surface area contributed by atoms with Crippen molar-refractivity contribution >= 4 is 77.7 Å². The molecule has 0 N–H and O–H groups in total. The summed E-state index contributed by atoms with van der Waals surface area (Å²) in [7, 11) is 0. The molecular weight excluding hydrogens is 1160 g/mol. The summed E-state index contributed by atoms with van der Waals surface area (Å²) >= 11 is 7.63. The van der Waals surface area contributed by atoms with Crippen molar-refractivity contribution in [3.05, 3.63) is 113 Å². The number of rotatable bonds is 45. The van der Waals surface area contributed by atoms with Gasteiger partial charge in [0.15, 0.2) is 10.9 Å². The molecule has 0 saturated carbocycles. The van der Waals surface area contributed by atoms with E-state index in [0.717, 1.165) is 55.3 Å². The molecule has 4 heterocycles. The Labute approximate surface area is 556 Å². The molecule has 0 aliphatic heterocycles. The van der Waals surface area contributed by atoms with Crippen molar-refractivity contribution in [2.45, 2.75) is 318 Å². The van der Waals surface area contributed by atoms with Gasteiger partial charge >= 0.3 is 0 Å². The second-order valence-electron chi connectivity index (χ2n) is 28.1. The molecule has 2 atom stereocenters. The standard InChI is InChI=1S/C83H116O2S4/c1-9-15-21-27-29-31-33-37-43-61(41-35-23-17-11-3)52-63-66-55-70-68(64(53-62(42-36-24-18-12-4)44-38-34-32-30-28-22-16-10-2)65(66)54-69-67(63)56-71(79(69)84)75-46-45-59(7)86-75)57-72(80(70)85)76-47-48-77(88-76)78-58-74-82(89-78)81-73(51-60(8)87-81)83(74,49-39-25-19-13-5)50-40-26-20-14-6/h45-48,51,54-58,61-62H,9-44,49-50,52-53H2,1-8H3. The molecule has 0 fully saturated rings. The molecule has 8 aromatic rings. The van der Waals surface area contributed by atoms with Crippen LogP contribution in [0.5, 0.6) is 0 Å². The summed E-state index contributed by atoms with van der Waals surface area (Å²) < 4.78 is 0. The van der Waals surface area contributed by atoms with Gasteiger partial charge < -0.3 is 0 Å². The van der Waals surface area contributed by atoms with E-state index in [1.54, 1.807) is 22.5 Å². The van der Waals surface area contributed by atoms with Crippen LogP contribution in [-0.2, 0) is 18.3 Å². The molecule has 0 amide bonds. The van der Waals surface area contributed by atoms with Gasteiger partial charge in [-0.15, -0.1) is 45.3 Å². The molecule has 4 aromatic carbocycles. The first-order valence-corrected chi connectivity index (χ1v) is 40.4. The molecule has 1 aliphatic rings. The molecule has 4 aromatic heterocycles. The summed E-state index contributed by atoms with van der Waals surface area (Å²) in [5, 5.41) is 6.56. The maximum Gasteiger partial charge on any atom is 0.195 e. The Balaban J connectivity index is 1.17. The Hall–Kier alpha value is -3.68. The lowest BCUT2D eigenvalue weighted by Gasteiger charge is -2.31. The first kappa shape index (κ1) is 69.7. The third kappa shape index (κ3) is 17.6. The molecule has 2 unspecified atom stereocenters. The van der Waals surface area contributed by atoms with Crippen LogP contribution in [0.1, 0.15) is 318 Å². The fraction of sp³-hybridized carbons (Fsp3) is 0.614. The van der Waals surface area contributed by atoms with Crippen LogP contribution >= 0.6 is 45.3 Å². The van der Waals surface area contributed by atoms with Crippen molar-refractivity contribution < 1.29 is 0 Å². The molecule has 89 heavy (non-hydrogen) atoms. The summed E-state index contributed by atoms with van der Waals surface area (Å²) in [6.07, 6.45) is 51.0. The van der Waals surface area contributed by atoms with E-state index in [2.05, 4.69) is 116 Å². The van der Waals surface area contributed by atoms with E-state index in [1.807, 2.05) is 34.0 Å². The highest BCUT2D eigenvalue weighted by Gasteiger charge is 2.45. The van der Waals surface area contributed by atoms with Crippen LogP contribution < -0.4 is 10.9 Å². The lowest BCUT2D eigenvalue weighted by Crippen LogP contribution is -2.25. The van der Waals surface area contributed by atoms with Crippen LogP contribution in [0.2, 0.25) is 0 Å². The second-order valence-corrected chi connectivity index (χ2v) is 32.8. The van der Waals surface area contributed by atoms with Gasteiger partial charge in [0.1, 0.15) is 0 Å². The van der Waals surface area contributed by atoms with Crippen LogP contribution in [-0.4, -0.2) is 0 Å². The van der Waals surface area contributed by atoms with E-state index in [1.165, 1.54) is 295 Å². The molecule has 0 saturated heterocycles. The molecule has 1 aliphatic carbocycles. The maximum absolute atomic E-state index is 15.9. The van der Waals surface area contributed by atoms with Crippen molar-refractivity contribution in [3.63, 3.8) is 0 Å².